The summed E-state index contributed by atoms with van der Waals surface area (Å²) >= 11 is 6.38. The summed E-state index contributed by atoms with van der Waals surface area (Å²) in [6.07, 6.45) is 7.91. The van der Waals surface area contributed by atoms with Crippen LogP contribution in [-0.4, -0.2) is 92.9 Å². The zero-order valence-electron chi connectivity index (χ0n) is 29.5. The molecule has 0 aromatic heterocycles. The number of aryl methyl sites for hydroxylation is 1. The van der Waals surface area contributed by atoms with Gasteiger partial charge in [0.25, 0.3) is 5.91 Å². The van der Waals surface area contributed by atoms with Crippen LogP contribution in [0.4, 0.5) is 5.69 Å². The van der Waals surface area contributed by atoms with Crippen molar-refractivity contribution in [1.29, 1.82) is 0 Å². The van der Waals surface area contributed by atoms with Crippen molar-refractivity contribution in [2.24, 2.45) is 17.8 Å². The molecule has 11 heteroatoms. The van der Waals surface area contributed by atoms with E-state index < -0.39 is 26.8 Å². The molecule has 2 N–H and O–H groups in total. The van der Waals surface area contributed by atoms with Gasteiger partial charge in [-0.1, -0.05) is 31.0 Å². The van der Waals surface area contributed by atoms with Crippen LogP contribution in [0.25, 0.3) is 0 Å². The summed E-state index contributed by atoms with van der Waals surface area (Å²) < 4.78 is 35.9. The number of hydrogen-bond donors (Lipinski definition) is 2. The smallest absolute Gasteiger partial charge is 0.264 e. The van der Waals surface area contributed by atoms with Gasteiger partial charge in [0.1, 0.15) is 12.4 Å². The number of halogens is 1. The predicted octanol–water partition coefficient (Wildman–Crippen LogP) is 5.72. The maximum atomic E-state index is 13.5. The van der Waals surface area contributed by atoms with Gasteiger partial charge in [-0.2, -0.15) is 0 Å². The number of benzene rings is 2. The van der Waals surface area contributed by atoms with Crippen molar-refractivity contribution in [3.63, 3.8) is 0 Å². The summed E-state index contributed by atoms with van der Waals surface area (Å²) in [5.74, 6) is 0.280. The number of anilines is 1. The van der Waals surface area contributed by atoms with Crippen molar-refractivity contribution in [3.05, 3.63) is 58.1 Å². The number of nitrogens with zero attached hydrogens (tertiary/aromatic N) is 3. The van der Waals surface area contributed by atoms with E-state index in [1.807, 2.05) is 25.1 Å². The Kier molecular flexibility index (Phi) is 11.5. The van der Waals surface area contributed by atoms with Gasteiger partial charge in [0.15, 0.2) is 0 Å². The maximum absolute atomic E-state index is 13.5. The van der Waals surface area contributed by atoms with E-state index in [0.29, 0.717) is 36.8 Å². The molecule has 0 radical (unpaired) electrons. The summed E-state index contributed by atoms with van der Waals surface area (Å²) in [5, 5.41) is 12.6. The molecule has 3 heterocycles. The van der Waals surface area contributed by atoms with E-state index in [9.17, 15) is 18.3 Å². The summed E-state index contributed by atoms with van der Waals surface area (Å²) in [5.41, 5.74) is 2.48. The molecule has 270 valence electrons. The maximum Gasteiger partial charge on any atom is 0.264 e. The molecule has 2 aromatic carbocycles. The Morgan fingerprint density at radius 3 is 2.59 bits per heavy atom. The van der Waals surface area contributed by atoms with Crippen LogP contribution in [0.15, 0.2) is 36.4 Å². The summed E-state index contributed by atoms with van der Waals surface area (Å²) in [6.45, 7) is 10.1. The van der Waals surface area contributed by atoms with E-state index in [4.69, 9.17) is 16.3 Å². The van der Waals surface area contributed by atoms with Crippen LogP contribution in [0.3, 0.4) is 0 Å². The van der Waals surface area contributed by atoms with Crippen molar-refractivity contribution in [2.45, 2.75) is 89.1 Å². The predicted molar refractivity (Wildman–Crippen MR) is 196 cm³/mol. The number of carbonyl (C=O) groups is 1. The Morgan fingerprint density at radius 2 is 1.80 bits per heavy atom. The fourth-order valence-corrected chi connectivity index (χ4v) is 9.94. The lowest BCUT2D eigenvalue weighted by molar-refractivity contribution is -0.105. The van der Waals surface area contributed by atoms with Crippen molar-refractivity contribution in [2.75, 3.05) is 57.8 Å². The molecule has 0 spiro atoms. The van der Waals surface area contributed by atoms with Gasteiger partial charge in [-0.3, -0.25) is 9.69 Å². The second kappa shape index (κ2) is 15.5. The third-order valence-corrected chi connectivity index (χ3v) is 14.1. The van der Waals surface area contributed by atoms with Gasteiger partial charge in [-0.25, -0.2) is 13.1 Å². The summed E-state index contributed by atoms with van der Waals surface area (Å²) in [7, 11) is -1.77. The molecule has 5 atom stereocenters. The average molecular weight is 715 g/mol. The lowest BCUT2D eigenvalue weighted by atomic mass is 9.62. The lowest BCUT2D eigenvalue weighted by Crippen LogP contribution is -2.56. The van der Waals surface area contributed by atoms with Gasteiger partial charge in [0.05, 0.1) is 16.5 Å². The number of β-amino-alcohol motifs (C(OH)–C–C–N with tert-alkyl or cyclic N) is 1. The highest BCUT2D eigenvalue weighted by atomic mass is 35.5. The minimum absolute atomic E-state index is 0.137. The standard InChI is InChI=1S/C38H55ClN4O5S/c1-27-8-6-16-38(45,26-42-18-7-17-41(3)20-21-42)34-14-11-31(34)24-43-19-5-4-9-29-22-33(39)13-10-32(29)25-48-36-15-12-30(23-35(36)43)37(44)40-49(46,47)28(27)2/h10,12-13,15,22-23,27-28,31,34,45H,4-9,11,14,16-21,24-26H2,1-3H3,(H,40,44)/t27-,28+,31-,34+,38+/m0/s1. The van der Waals surface area contributed by atoms with Gasteiger partial charge >= 0.3 is 0 Å². The Bertz CT molecular complexity index is 1590. The fraction of sp³-hybridized carbons (Fsp3) is 0.658. The molecule has 0 unspecified atom stereocenters. The number of ether oxygens (including phenoxy) is 1. The normalized spacial score (nSPS) is 30.7. The zero-order chi connectivity index (χ0) is 34.8. The largest absolute Gasteiger partial charge is 0.487 e. The van der Waals surface area contributed by atoms with E-state index in [1.165, 1.54) is 5.56 Å². The van der Waals surface area contributed by atoms with Crippen LogP contribution in [0.2, 0.25) is 5.02 Å². The van der Waals surface area contributed by atoms with Crippen molar-refractivity contribution in [1.82, 2.24) is 14.5 Å². The van der Waals surface area contributed by atoms with Gasteiger partial charge in [0, 0.05) is 43.3 Å². The first-order chi connectivity index (χ1) is 23.4. The number of aliphatic hydroxyl groups is 1. The van der Waals surface area contributed by atoms with Crippen molar-refractivity contribution in [3.8, 4) is 5.75 Å². The van der Waals surface area contributed by atoms with Crippen LogP contribution in [0.1, 0.15) is 86.7 Å². The number of carbonyl (C=O) groups excluding carboxylic acids is 1. The molecule has 49 heavy (non-hydrogen) atoms. The quantitative estimate of drug-likeness (QED) is 0.407. The minimum Gasteiger partial charge on any atom is -0.487 e. The molecule has 2 bridgehead atoms. The first-order valence-corrected chi connectivity index (χ1v) is 20.3. The van der Waals surface area contributed by atoms with Gasteiger partial charge in [0.2, 0.25) is 10.0 Å². The number of sulfonamides is 1. The molecule has 1 saturated heterocycles. The van der Waals surface area contributed by atoms with Crippen LogP contribution in [0, 0.1) is 17.8 Å². The highest BCUT2D eigenvalue weighted by Gasteiger charge is 2.48. The number of nitrogens with one attached hydrogen (secondary N) is 1. The summed E-state index contributed by atoms with van der Waals surface area (Å²) in [6, 6.07) is 11.2. The fourth-order valence-electron chi connectivity index (χ4n) is 8.44. The molecule has 1 amide bonds. The lowest BCUT2D eigenvalue weighted by Gasteiger charge is -2.51. The SMILES string of the molecule is C[C@@H]1[C@@H](C)CCC[C@@](O)(CN2CCCN(C)CC2)[C@@H]2CC[C@H]2CN2CCCCc3cc(Cl)ccc3COc3ccc(cc32)C(=O)NS1(=O)=O. The molecule has 2 aromatic rings. The third-order valence-electron chi connectivity index (χ3n) is 11.9. The molecule has 9 nitrogen and oxygen atoms in total. The Labute approximate surface area is 298 Å². The van der Waals surface area contributed by atoms with E-state index >= 15 is 0 Å². The molecular formula is C38H55ClN4O5S. The Balaban J connectivity index is 1.36. The highest BCUT2D eigenvalue weighted by molar-refractivity contribution is 7.90. The second-order valence-electron chi connectivity index (χ2n) is 15.3. The van der Waals surface area contributed by atoms with E-state index in [0.717, 1.165) is 95.5 Å². The zero-order valence-corrected chi connectivity index (χ0v) is 31.1. The molecule has 4 aliphatic rings. The summed E-state index contributed by atoms with van der Waals surface area (Å²) in [4.78, 5) is 20.7. The average Bonchev–Trinajstić information content (AvgIpc) is 3.26. The second-order valence-corrected chi connectivity index (χ2v) is 17.8. The number of likely N-dealkylation sites (N-methyl/N-ethyl adjacent to an activating group) is 1. The van der Waals surface area contributed by atoms with Crippen molar-refractivity contribution >= 4 is 33.2 Å². The van der Waals surface area contributed by atoms with Gasteiger partial charge in [-0.15, -0.1) is 0 Å². The number of fused-ring (bicyclic) bond motifs is 3. The van der Waals surface area contributed by atoms with E-state index in [-0.39, 0.29) is 23.3 Å². The Hall–Kier alpha value is -2.37. The molecular weight excluding hydrogens is 660 g/mol. The van der Waals surface area contributed by atoms with Gasteiger partial charge in [-0.05, 0) is 138 Å². The molecule has 2 fully saturated rings. The van der Waals surface area contributed by atoms with Crippen LogP contribution < -0.4 is 14.4 Å². The minimum atomic E-state index is -3.94. The number of rotatable bonds is 2. The Morgan fingerprint density at radius 1 is 0.959 bits per heavy atom. The topological polar surface area (TPSA) is 102 Å². The van der Waals surface area contributed by atoms with Crippen LogP contribution >= 0.6 is 11.6 Å². The van der Waals surface area contributed by atoms with E-state index in [2.05, 4.69) is 26.5 Å². The molecule has 1 aliphatic carbocycles. The van der Waals surface area contributed by atoms with Crippen LogP contribution in [0.5, 0.6) is 5.75 Å². The number of hydrogen-bond acceptors (Lipinski definition) is 8. The van der Waals surface area contributed by atoms with E-state index in [1.54, 1.807) is 25.1 Å². The molecule has 6 rings (SSSR count). The third kappa shape index (κ3) is 8.58. The first kappa shape index (κ1) is 36.4. The first-order valence-electron chi connectivity index (χ1n) is 18.4. The van der Waals surface area contributed by atoms with Crippen LogP contribution in [-0.2, 0) is 23.1 Å². The van der Waals surface area contributed by atoms with Gasteiger partial charge < -0.3 is 19.6 Å². The molecule has 1 saturated carbocycles. The highest BCUT2D eigenvalue weighted by Crippen LogP contribution is 2.46. The van der Waals surface area contributed by atoms with Crippen molar-refractivity contribution < 1.29 is 23.1 Å². The molecule has 3 aliphatic heterocycles. The monoisotopic (exact) mass is 714 g/mol. The number of amides is 1.